The highest BCUT2D eigenvalue weighted by Gasteiger charge is 2.28. The number of nitrogens with two attached hydrogens (primary N) is 2. The highest BCUT2D eigenvalue weighted by molar-refractivity contribution is 7.91. The van der Waals surface area contributed by atoms with Gasteiger partial charge in [0, 0.05) is 25.0 Å². The molecule has 0 amide bonds. The summed E-state index contributed by atoms with van der Waals surface area (Å²) < 4.78 is 25.4. The van der Waals surface area contributed by atoms with Gasteiger partial charge in [0.05, 0.1) is 21.7 Å². The minimum atomic E-state index is -3.32. The number of benzene rings is 2. The summed E-state index contributed by atoms with van der Waals surface area (Å²) in [5.41, 5.74) is 15.4. The molecule has 1 aromatic heterocycles. The molecule has 7 heteroatoms. The Labute approximate surface area is 171 Å². The van der Waals surface area contributed by atoms with Crippen molar-refractivity contribution in [3.8, 4) is 0 Å². The lowest BCUT2D eigenvalue weighted by molar-refractivity contribution is 0.511. The van der Waals surface area contributed by atoms with E-state index in [4.69, 9.17) is 16.5 Å². The summed E-state index contributed by atoms with van der Waals surface area (Å²) in [4.78, 5) is 7.27. The zero-order chi connectivity index (χ0) is 20.8. The summed E-state index contributed by atoms with van der Waals surface area (Å²) in [6.07, 6.45) is 0. The van der Waals surface area contributed by atoms with Crippen LogP contribution in [-0.4, -0.2) is 32.2 Å². The maximum absolute atomic E-state index is 12.7. The van der Waals surface area contributed by atoms with Gasteiger partial charge in [0.1, 0.15) is 5.82 Å². The molecule has 1 atom stereocenters. The van der Waals surface area contributed by atoms with E-state index < -0.39 is 15.4 Å². The van der Waals surface area contributed by atoms with Crippen molar-refractivity contribution >= 4 is 26.6 Å². The first-order valence-electron chi connectivity index (χ1n) is 9.68. The lowest BCUT2D eigenvalue weighted by atomic mass is 9.89. The predicted octanol–water partition coefficient (Wildman–Crippen LogP) is 2.47. The lowest BCUT2D eigenvalue weighted by Crippen LogP contribution is -2.41. The fourth-order valence-electron chi connectivity index (χ4n) is 3.83. The largest absolute Gasteiger partial charge is 0.351 e. The first-order valence-corrected chi connectivity index (χ1v) is 11.3. The average molecular weight is 411 g/mol. The van der Waals surface area contributed by atoms with Gasteiger partial charge >= 0.3 is 0 Å². The lowest BCUT2D eigenvalue weighted by Gasteiger charge is -2.28. The molecule has 1 unspecified atom stereocenters. The Balaban J connectivity index is 1.88. The van der Waals surface area contributed by atoms with Gasteiger partial charge in [-0.1, -0.05) is 29.8 Å². The van der Waals surface area contributed by atoms with Crippen LogP contribution in [-0.2, 0) is 21.9 Å². The number of pyridine rings is 1. The van der Waals surface area contributed by atoms with Gasteiger partial charge in [0.2, 0.25) is 0 Å². The Morgan fingerprint density at radius 3 is 2.69 bits per heavy atom. The number of nitrogens with zero attached hydrogens (tertiary/aromatic N) is 2. The van der Waals surface area contributed by atoms with Gasteiger partial charge in [0.15, 0.2) is 9.84 Å². The molecule has 1 aliphatic rings. The van der Waals surface area contributed by atoms with E-state index in [0.29, 0.717) is 23.8 Å². The minimum Gasteiger partial charge on any atom is -0.351 e. The molecule has 1 aliphatic heterocycles. The molecule has 0 bridgehead atoms. The summed E-state index contributed by atoms with van der Waals surface area (Å²) in [7, 11) is -3.32. The first-order chi connectivity index (χ1) is 13.7. The number of fused-ring (bicyclic) bond motifs is 2. The van der Waals surface area contributed by atoms with Crippen molar-refractivity contribution in [2.24, 2.45) is 11.5 Å². The molecule has 4 N–H and O–H groups in total. The highest BCUT2D eigenvalue weighted by atomic mass is 32.2. The number of hydrogen-bond donors (Lipinski definition) is 2. The highest BCUT2D eigenvalue weighted by Crippen LogP contribution is 2.32. The second kappa shape index (κ2) is 7.09. The summed E-state index contributed by atoms with van der Waals surface area (Å²) in [6, 6.07) is 15.2. The third kappa shape index (κ3) is 3.61. The van der Waals surface area contributed by atoms with Gasteiger partial charge in [-0.25, -0.2) is 13.4 Å². The van der Waals surface area contributed by atoms with Crippen LogP contribution in [0.25, 0.3) is 10.9 Å². The minimum absolute atomic E-state index is 0.0454. The Kier molecular flexibility index (Phi) is 4.85. The van der Waals surface area contributed by atoms with Crippen LogP contribution < -0.4 is 16.4 Å². The summed E-state index contributed by atoms with van der Waals surface area (Å²) in [5.74, 6) is 0.761. The Hall–Kier alpha value is -2.48. The van der Waals surface area contributed by atoms with Crippen LogP contribution in [0.15, 0.2) is 53.4 Å². The summed E-state index contributed by atoms with van der Waals surface area (Å²) in [6.45, 7) is 5.07. The monoisotopic (exact) mass is 410 g/mol. The molecule has 2 heterocycles. The second-order valence-electron chi connectivity index (χ2n) is 8.02. The van der Waals surface area contributed by atoms with Crippen molar-refractivity contribution in [3.63, 3.8) is 0 Å². The molecular formula is C22H26N4O2S. The number of rotatable bonds is 3. The van der Waals surface area contributed by atoms with Crippen molar-refractivity contribution in [2.75, 3.05) is 23.7 Å². The van der Waals surface area contributed by atoms with Gasteiger partial charge in [0.25, 0.3) is 0 Å². The van der Waals surface area contributed by atoms with Crippen molar-refractivity contribution in [1.82, 2.24) is 4.98 Å². The van der Waals surface area contributed by atoms with Gasteiger partial charge < -0.3 is 16.4 Å². The van der Waals surface area contributed by atoms with E-state index in [1.165, 1.54) is 0 Å². The molecule has 0 saturated carbocycles. The molecule has 3 aromatic rings. The van der Waals surface area contributed by atoms with Crippen LogP contribution >= 0.6 is 0 Å². The average Bonchev–Trinajstić information content (AvgIpc) is 2.83. The number of aromatic nitrogens is 1. The Bertz CT molecular complexity index is 1190. The van der Waals surface area contributed by atoms with E-state index in [2.05, 4.69) is 6.07 Å². The van der Waals surface area contributed by atoms with Crippen molar-refractivity contribution in [3.05, 3.63) is 65.2 Å². The van der Waals surface area contributed by atoms with E-state index in [9.17, 15) is 8.42 Å². The Morgan fingerprint density at radius 1 is 1.17 bits per heavy atom. The van der Waals surface area contributed by atoms with Gasteiger partial charge in [-0.05, 0) is 49.2 Å². The van der Waals surface area contributed by atoms with Crippen LogP contribution in [0.4, 0.5) is 5.82 Å². The molecule has 29 heavy (non-hydrogen) atoms. The van der Waals surface area contributed by atoms with E-state index in [0.717, 1.165) is 27.6 Å². The molecule has 4 rings (SSSR count). The molecular weight excluding hydrogens is 384 g/mol. The molecule has 6 nitrogen and oxygen atoms in total. The van der Waals surface area contributed by atoms with E-state index in [1.807, 2.05) is 49.1 Å². The first kappa shape index (κ1) is 19.8. The standard InChI is InChI=1S/C22H26N4O2S/c1-15-7-8-19-17(11-15)18(22(2,24)14-23)12-21(25-19)26-9-10-29(27,28)20-6-4-3-5-16(20)13-26/h3-8,11-12H,9-10,13-14,23-24H2,1-2H3. The van der Waals surface area contributed by atoms with E-state index >= 15 is 0 Å². The smallest absolute Gasteiger partial charge is 0.180 e. The summed E-state index contributed by atoms with van der Waals surface area (Å²) >= 11 is 0. The zero-order valence-electron chi connectivity index (χ0n) is 16.7. The van der Waals surface area contributed by atoms with Crippen LogP contribution in [0.3, 0.4) is 0 Å². The summed E-state index contributed by atoms with van der Waals surface area (Å²) in [5, 5.41) is 0.979. The topological polar surface area (TPSA) is 102 Å². The van der Waals surface area contributed by atoms with Crippen molar-refractivity contribution < 1.29 is 8.42 Å². The van der Waals surface area contributed by atoms with Crippen molar-refractivity contribution in [2.45, 2.75) is 30.8 Å². The van der Waals surface area contributed by atoms with Gasteiger partial charge in [-0.15, -0.1) is 0 Å². The predicted molar refractivity (Wildman–Crippen MR) is 117 cm³/mol. The van der Waals surface area contributed by atoms with Crippen LogP contribution in [0, 0.1) is 6.92 Å². The fourth-order valence-corrected chi connectivity index (χ4v) is 5.33. The second-order valence-corrected chi connectivity index (χ2v) is 10.1. The van der Waals surface area contributed by atoms with Crippen LogP contribution in [0.2, 0.25) is 0 Å². The van der Waals surface area contributed by atoms with E-state index in [1.54, 1.807) is 12.1 Å². The van der Waals surface area contributed by atoms with Gasteiger partial charge in [-0.3, -0.25) is 0 Å². The van der Waals surface area contributed by atoms with Crippen molar-refractivity contribution in [1.29, 1.82) is 0 Å². The third-order valence-corrected chi connectivity index (χ3v) is 7.40. The maximum Gasteiger partial charge on any atom is 0.180 e. The normalized spacial score (nSPS) is 18.1. The zero-order valence-corrected chi connectivity index (χ0v) is 17.5. The van der Waals surface area contributed by atoms with E-state index in [-0.39, 0.29) is 12.3 Å². The molecule has 0 spiro atoms. The number of anilines is 1. The number of aryl methyl sites for hydroxylation is 1. The number of sulfone groups is 1. The molecule has 0 fully saturated rings. The molecule has 152 valence electrons. The number of hydrogen-bond acceptors (Lipinski definition) is 6. The maximum atomic E-state index is 12.7. The molecule has 0 radical (unpaired) electrons. The van der Waals surface area contributed by atoms with Crippen LogP contribution in [0.1, 0.15) is 23.6 Å². The van der Waals surface area contributed by atoms with Gasteiger partial charge in [-0.2, -0.15) is 0 Å². The quantitative estimate of drug-likeness (QED) is 0.688. The fraction of sp³-hybridized carbons (Fsp3) is 0.318. The molecule has 2 aromatic carbocycles. The third-order valence-electron chi connectivity index (χ3n) is 5.61. The SMILES string of the molecule is Cc1ccc2nc(N3CCS(=O)(=O)c4ccccc4C3)cc(C(C)(N)CN)c2c1. The Morgan fingerprint density at radius 2 is 1.93 bits per heavy atom. The molecule has 0 saturated heterocycles. The molecule has 0 aliphatic carbocycles. The van der Waals surface area contributed by atoms with Crippen LogP contribution in [0.5, 0.6) is 0 Å².